The maximum atomic E-state index is 12.0. The molecule has 0 aliphatic heterocycles. The van der Waals surface area contributed by atoms with Crippen LogP contribution in [0.5, 0.6) is 5.75 Å². The Morgan fingerprint density at radius 3 is 2.53 bits per heavy atom. The van der Waals surface area contributed by atoms with Gasteiger partial charge in [-0.05, 0) is 34.1 Å². The van der Waals surface area contributed by atoms with E-state index >= 15 is 0 Å². The average Bonchev–Trinajstić information content (AvgIpc) is 2.27. The van der Waals surface area contributed by atoms with Crippen molar-refractivity contribution in [1.82, 2.24) is 0 Å². The monoisotopic (exact) mass is 329 g/mol. The van der Waals surface area contributed by atoms with Crippen LogP contribution in [0.15, 0.2) is 22.7 Å². The molecule has 5 nitrogen and oxygen atoms in total. The van der Waals surface area contributed by atoms with E-state index in [2.05, 4.69) is 21.2 Å². The lowest BCUT2D eigenvalue weighted by atomic mass is 9.88. The van der Waals surface area contributed by atoms with Crippen molar-refractivity contribution < 1.29 is 19.4 Å². The van der Waals surface area contributed by atoms with Crippen LogP contribution < -0.4 is 10.1 Å². The average molecular weight is 330 g/mol. The minimum atomic E-state index is -1.00. The molecule has 0 spiro atoms. The fraction of sp³-hybridized carbons (Fsp3) is 0.385. The predicted octanol–water partition coefficient (Wildman–Crippen LogP) is 2.90. The first kappa shape index (κ1) is 15.5. The van der Waals surface area contributed by atoms with Crippen molar-refractivity contribution in [1.29, 1.82) is 0 Å². The van der Waals surface area contributed by atoms with Crippen LogP contribution in [-0.4, -0.2) is 24.1 Å². The van der Waals surface area contributed by atoms with E-state index in [1.165, 1.54) is 0 Å². The van der Waals surface area contributed by atoms with Gasteiger partial charge in [0.2, 0.25) is 5.91 Å². The normalized spacial score (nSPS) is 10.9. The number of rotatable bonds is 5. The molecule has 0 aliphatic rings. The van der Waals surface area contributed by atoms with Gasteiger partial charge in [0.05, 0.1) is 23.4 Å². The summed E-state index contributed by atoms with van der Waals surface area (Å²) >= 11 is 3.32. The molecule has 0 fully saturated rings. The molecular formula is C13H16BrNO4. The molecule has 0 heterocycles. The molecule has 2 N–H and O–H groups in total. The van der Waals surface area contributed by atoms with Crippen molar-refractivity contribution in [2.24, 2.45) is 5.41 Å². The van der Waals surface area contributed by atoms with Gasteiger partial charge in [-0.15, -0.1) is 0 Å². The molecule has 0 atom stereocenters. The number of aliphatic carboxylic acids is 1. The Balaban J connectivity index is 2.82. The minimum Gasteiger partial charge on any atom is -0.496 e. The number of carbonyl (C=O) groups excluding carboxylic acids is 1. The molecule has 0 aliphatic carbocycles. The van der Waals surface area contributed by atoms with Crippen LogP contribution in [-0.2, 0) is 9.59 Å². The third-order valence-electron chi connectivity index (χ3n) is 2.62. The predicted molar refractivity (Wildman–Crippen MR) is 75.4 cm³/mol. The van der Waals surface area contributed by atoms with Crippen LogP contribution in [0.1, 0.15) is 20.3 Å². The summed E-state index contributed by atoms with van der Waals surface area (Å²) < 4.78 is 5.80. The molecule has 0 bridgehead atoms. The summed E-state index contributed by atoms with van der Waals surface area (Å²) in [4.78, 5) is 22.7. The highest BCUT2D eigenvalue weighted by molar-refractivity contribution is 9.10. The van der Waals surface area contributed by atoms with E-state index in [0.717, 1.165) is 0 Å². The fourth-order valence-electron chi connectivity index (χ4n) is 1.50. The number of methoxy groups -OCH3 is 1. The Labute approximate surface area is 120 Å². The van der Waals surface area contributed by atoms with Crippen LogP contribution in [0, 0.1) is 5.41 Å². The van der Waals surface area contributed by atoms with Gasteiger partial charge in [-0.1, -0.05) is 13.8 Å². The molecule has 104 valence electrons. The second-order valence-electron chi connectivity index (χ2n) is 4.76. The zero-order chi connectivity index (χ0) is 14.6. The van der Waals surface area contributed by atoms with Gasteiger partial charge in [0.15, 0.2) is 0 Å². The summed E-state index contributed by atoms with van der Waals surface area (Å²) in [5.74, 6) is -0.689. The fourth-order valence-corrected chi connectivity index (χ4v) is 2.04. The summed E-state index contributed by atoms with van der Waals surface area (Å²) in [6.07, 6.45) is -0.226. The summed E-state index contributed by atoms with van der Waals surface area (Å²) in [5, 5.41) is 11.5. The van der Waals surface area contributed by atoms with E-state index in [9.17, 15) is 9.59 Å². The lowest BCUT2D eigenvalue weighted by Crippen LogP contribution is -2.32. The van der Waals surface area contributed by atoms with E-state index in [1.807, 2.05) is 0 Å². The van der Waals surface area contributed by atoms with E-state index < -0.39 is 11.4 Å². The van der Waals surface area contributed by atoms with Crippen LogP contribution in [0.3, 0.4) is 0 Å². The molecule has 0 aromatic heterocycles. The number of hydrogen-bond acceptors (Lipinski definition) is 3. The van der Waals surface area contributed by atoms with Crippen molar-refractivity contribution in [3.63, 3.8) is 0 Å². The van der Waals surface area contributed by atoms with E-state index in [0.29, 0.717) is 15.9 Å². The largest absolute Gasteiger partial charge is 0.496 e. The summed E-state index contributed by atoms with van der Waals surface area (Å²) in [6, 6.07) is 5.11. The number of hydrogen-bond donors (Lipinski definition) is 2. The lowest BCUT2D eigenvalue weighted by Gasteiger charge is -2.21. The van der Waals surface area contributed by atoms with Gasteiger partial charge < -0.3 is 15.2 Å². The summed E-state index contributed by atoms with van der Waals surface area (Å²) in [7, 11) is 1.55. The number of halogens is 1. The molecule has 1 amide bonds. The van der Waals surface area contributed by atoms with Gasteiger partial charge >= 0.3 is 5.97 Å². The van der Waals surface area contributed by atoms with Crippen LogP contribution in [0.25, 0.3) is 0 Å². The number of benzene rings is 1. The van der Waals surface area contributed by atoms with E-state index in [-0.39, 0.29) is 12.3 Å². The maximum Gasteiger partial charge on any atom is 0.304 e. The smallest absolute Gasteiger partial charge is 0.304 e. The number of anilines is 1. The second kappa shape index (κ2) is 6.06. The number of nitrogens with one attached hydrogen (secondary N) is 1. The van der Waals surface area contributed by atoms with Gasteiger partial charge in [0.25, 0.3) is 0 Å². The second-order valence-corrected chi connectivity index (χ2v) is 5.61. The van der Waals surface area contributed by atoms with Gasteiger partial charge in [0.1, 0.15) is 5.75 Å². The molecule has 6 heteroatoms. The molecule has 0 saturated heterocycles. The molecule has 19 heavy (non-hydrogen) atoms. The highest BCUT2D eigenvalue weighted by atomic mass is 79.9. The molecule has 1 rings (SSSR count). The number of carboxylic acids is 1. The first-order valence-electron chi connectivity index (χ1n) is 5.63. The lowest BCUT2D eigenvalue weighted by molar-refractivity contribution is -0.142. The number of amides is 1. The molecule has 0 saturated carbocycles. The molecule has 0 unspecified atom stereocenters. The first-order chi connectivity index (χ1) is 8.76. The van der Waals surface area contributed by atoms with Crippen molar-refractivity contribution in [3.05, 3.63) is 22.7 Å². The third-order valence-corrected chi connectivity index (χ3v) is 3.24. The third kappa shape index (κ3) is 4.24. The van der Waals surface area contributed by atoms with Crippen molar-refractivity contribution >= 4 is 33.5 Å². The number of ether oxygens (including phenoxy) is 1. The highest BCUT2D eigenvalue weighted by Crippen LogP contribution is 2.29. The standard InChI is InChI=1S/C13H16BrNO4/c1-13(2,7-11(16)17)12(18)15-8-4-5-10(19-3)9(14)6-8/h4-6H,7H2,1-3H3,(H,15,18)(H,16,17). The van der Waals surface area contributed by atoms with Crippen LogP contribution in [0.4, 0.5) is 5.69 Å². The molecule has 0 radical (unpaired) electrons. The number of carboxylic acid groups (broad SMARTS) is 1. The Kier molecular flexibility index (Phi) is 4.94. The van der Waals surface area contributed by atoms with Crippen molar-refractivity contribution in [2.75, 3.05) is 12.4 Å². The summed E-state index contributed by atoms with van der Waals surface area (Å²) in [6.45, 7) is 3.18. The maximum absolute atomic E-state index is 12.0. The first-order valence-corrected chi connectivity index (χ1v) is 6.42. The van der Waals surface area contributed by atoms with Crippen LogP contribution in [0.2, 0.25) is 0 Å². The Hall–Kier alpha value is -1.56. The Morgan fingerprint density at radius 1 is 1.42 bits per heavy atom. The minimum absolute atomic E-state index is 0.226. The Bertz CT molecular complexity index is 499. The van der Waals surface area contributed by atoms with Crippen molar-refractivity contribution in [3.8, 4) is 5.75 Å². The molecule has 1 aromatic carbocycles. The number of carbonyl (C=O) groups is 2. The van der Waals surface area contributed by atoms with Gasteiger partial charge in [0, 0.05) is 5.69 Å². The van der Waals surface area contributed by atoms with E-state index in [1.54, 1.807) is 39.2 Å². The van der Waals surface area contributed by atoms with Crippen LogP contribution >= 0.6 is 15.9 Å². The highest BCUT2D eigenvalue weighted by Gasteiger charge is 2.30. The van der Waals surface area contributed by atoms with Gasteiger partial charge in [-0.3, -0.25) is 9.59 Å². The molecule has 1 aromatic rings. The van der Waals surface area contributed by atoms with Gasteiger partial charge in [-0.2, -0.15) is 0 Å². The summed E-state index contributed by atoms with van der Waals surface area (Å²) in [5.41, 5.74) is -0.394. The zero-order valence-corrected chi connectivity index (χ0v) is 12.6. The molecular weight excluding hydrogens is 314 g/mol. The zero-order valence-electron chi connectivity index (χ0n) is 11.0. The Morgan fingerprint density at radius 2 is 2.05 bits per heavy atom. The SMILES string of the molecule is COc1ccc(NC(=O)C(C)(C)CC(=O)O)cc1Br. The quantitative estimate of drug-likeness (QED) is 0.870. The van der Waals surface area contributed by atoms with Crippen molar-refractivity contribution in [2.45, 2.75) is 20.3 Å². The topological polar surface area (TPSA) is 75.6 Å². The van der Waals surface area contributed by atoms with E-state index in [4.69, 9.17) is 9.84 Å². The van der Waals surface area contributed by atoms with Gasteiger partial charge in [-0.25, -0.2) is 0 Å².